The molecule has 276 valence electrons. The number of fused-ring (bicyclic) bond motifs is 4. The van der Waals surface area contributed by atoms with E-state index in [1.807, 2.05) is 22.8 Å². The minimum Gasteiger partial charge on any atom is -0.493 e. The van der Waals surface area contributed by atoms with Crippen molar-refractivity contribution >= 4 is 50.3 Å². The normalized spacial score (nSPS) is 14.5. The zero-order valence-electron chi connectivity index (χ0n) is 29.9. The number of aromatic nitrogens is 3. The first-order valence-electron chi connectivity index (χ1n) is 16.9. The van der Waals surface area contributed by atoms with Crippen LogP contribution in [0.1, 0.15) is 54.8 Å². The number of thioether (sulfide) groups is 1. The predicted molar refractivity (Wildman–Crippen MR) is 206 cm³/mol. The molecule has 1 saturated carbocycles. The van der Waals surface area contributed by atoms with Crippen LogP contribution in [0.25, 0.3) is 27.6 Å². The molecule has 1 aromatic heterocycles. The Bertz CT molecular complexity index is 2260. The van der Waals surface area contributed by atoms with Gasteiger partial charge in [-0.3, -0.25) is 19.0 Å². The molecule has 7 rings (SSSR count). The number of hydrogen-bond donors (Lipinski definition) is 2. The van der Waals surface area contributed by atoms with Gasteiger partial charge in [0.05, 0.1) is 45.9 Å². The number of ether oxygens (including phenoxy) is 4. The molecule has 2 aliphatic carbocycles. The van der Waals surface area contributed by atoms with Crippen LogP contribution in [-0.4, -0.2) is 65.9 Å². The fourth-order valence-corrected chi connectivity index (χ4v) is 8.01. The van der Waals surface area contributed by atoms with Gasteiger partial charge in [-0.1, -0.05) is 48.2 Å². The number of aryl methyl sites for hydroxylation is 1. The van der Waals surface area contributed by atoms with Crippen LogP contribution < -0.4 is 29.7 Å². The van der Waals surface area contributed by atoms with Crippen LogP contribution >= 0.6 is 27.7 Å². The first-order valence-corrected chi connectivity index (χ1v) is 18.7. The molecule has 0 saturated heterocycles. The maximum atomic E-state index is 12.6. The van der Waals surface area contributed by atoms with Gasteiger partial charge in [-0.15, -0.1) is 10.2 Å². The minimum atomic E-state index is -0.875. The molecule has 1 fully saturated rings. The van der Waals surface area contributed by atoms with Crippen molar-refractivity contribution in [1.82, 2.24) is 20.1 Å². The second kappa shape index (κ2) is 16.3. The lowest BCUT2D eigenvalue weighted by Crippen LogP contribution is -2.26. The molecule has 53 heavy (non-hydrogen) atoms. The lowest BCUT2D eigenvalue weighted by molar-refractivity contribution is -0.134. The smallest absolute Gasteiger partial charge is 0.313 e. The maximum absolute atomic E-state index is 12.6. The number of nitrogens with zero attached hydrogens (tertiary/aromatic N) is 3. The van der Waals surface area contributed by atoms with Gasteiger partial charge in [0.25, 0.3) is 0 Å². The average Bonchev–Trinajstić information content (AvgIpc) is 3.97. The van der Waals surface area contributed by atoms with E-state index in [0.29, 0.717) is 51.5 Å². The van der Waals surface area contributed by atoms with Crippen molar-refractivity contribution < 1.29 is 33.6 Å². The second-order valence-electron chi connectivity index (χ2n) is 12.5. The van der Waals surface area contributed by atoms with Crippen molar-refractivity contribution in [3.05, 3.63) is 92.3 Å². The number of carboxylic acid groups (broad SMARTS) is 1. The highest BCUT2D eigenvalue weighted by atomic mass is 79.9. The number of amides is 1. The van der Waals surface area contributed by atoms with E-state index in [9.17, 15) is 14.4 Å². The van der Waals surface area contributed by atoms with E-state index in [2.05, 4.69) is 61.8 Å². The average molecular weight is 804 g/mol. The Morgan fingerprint density at radius 1 is 0.887 bits per heavy atom. The monoisotopic (exact) mass is 802 g/mol. The maximum Gasteiger partial charge on any atom is 0.313 e. The Morgan fingerprint density at radius 2 is 1.60 bits per heavy atom. The van der Waals surface area contributed by atoms with Gasteiger partial charge in [-0.2, -0.15) is 0 Å². The summed E-state index contributed by atoms with van der Waals surface area (Å²) in [5.41, 5.74) is 5.36. The molecule has 1 heterocycles. The quantitative estimate of drug-likeness (QED) is 0.139. The largest absolute Gasteiger partial charge is 0.493 e. The number of carbonyl (C=O) groups is 2. The highest BCUT2D eigenvalue weighted by Crippen LogP contribution is 2.50. The van der Waals surface area contributed by atoms with Crippen molar-refractivity contribution in [2.24, 2.45) is 0 Å². The van der Waals surface area contributed by atoms with E-state index in [4.69, 9.17) is 24.1 Å². The standard InChI is InChI=1S/C22H25NO6.C17H14BrN3O2S/c1-12(24)23-16-8-6-13-10-19(27-3)21(28-4)22(29-5)20(13)14-7-9-18(26-2)17(25)11-15(14)16;18-16-19-20-17(24-9-15(22)23)21(16)14-8-7-11(10-5-6-10)12-3-1-2-4-13(12)14/h7,9-11,16H,6,8H2,1-5H3,(H,23,24);1-4,7-8,10H,5-6,9H2,(H,22,23)/t16-;/m0./s1. The van der Waals surface area contributed by atoms with Gasteiger partial charge in [-0.25, -0.2) is 0 Å². The molecule has 2 N–H and O–H groups in total. The zero-order valence-corrected chi connectivity index (χ0v) is 32.3. The summed E-state index contributed by atoms with van der Waals surface area (Å²) in [5, 5.41) is 23.0. The van der Waals surface area contributed by atoms with Crippen molar-refractivity contribution in [1.29, 1.82) is 0 Å². The van der Waals surface area contributed by atoms with Gasteiger partial charge in [0, 0.05) is 17.9 Å². The summed E-state index contributed by atoms with van der Waals surface area (Å²) < 4.78 is 24.4. The summed E-state index contributed by atoms with van der Waals surface area (Å²) in [7, 11) is 6.14. The predicted octanol–water partition coefficient (Wildman–Crippen LogP) is 7.11. The number of halogens is 1. The van der Waals surface area contributed by atoms with Crippen molar-refractivity contribution in [2.45, 2.75) is 49.7 Å². The topological polar surface area (TPSA) is 151 Å². The fourth-order valence-electron chi connectivity index (χ4n) is 6.79. The molecule has 12 nitrogen and oxygen atoms in total. The van der Waals surface area contributed by atoms with Crippen LogP contribution in [0.5, 0.6) is 23.0 Å². The number of nitrogens with one attached hydrogen (secondary N) is 1. The molecule has 0 aliphatic heterocycles. The molecule has 0 radical (unpaired) electrons. The third-order valence-electron chi connectivity index (χ3n) is 9.21. The summed E-state index contributed by atoms with van der Waals surface area (Å²) in [6.45, 7) is 1.46. The van der Waals surface area contributed by atoms with E-state index < -0.39 is 5.97 Å². The van der Waals surface area contributed by atoms with Gasteiger partial charge in [0.1, 0.15) is 0 Å². The Kier molecular flexibility index (Phi) is 11.6. The number of hydrogen-bond acceptors (Lipinski definition) is 10. The Hall–Kier alpha value is -5.08. The van der Waals surface area contributed by atoms with Crippen molar-refractivity contribution in [3.8, 4) is 39.8 Å². The SMILES string of the molecule is COc1cc2c(c(OC)c1OC)-c1ccc(OC)c(=O)cc1[C@@H](NC(C)=O)CC2.O=C(O)CSc1nnc(Br)n1-c1ccc(C2CC2)c2ccccc12. The zero-order chi connectivity index (χ0) is 37.8. The Balaban J connectivity index is 0.000000184. The van der Waals surface area contributed by atoms with E-state index in [1.54, 1.807) is 27.4 Å². The molecule has 5 aromatic rings. The molecule has 14 heteroatoms. The molecule has 1 atom stereocenters. The van der Waals surface area contributed by atoms with Crippen molar-refractivity contribution in [2.75, 3.05) is 34.2 Å². The van der Waals surface area contributed by atoms with E-state index >= 15 is 0 Å². The molecule has 0 bridgehead atoms. The summed E-state index contributed by atoms with van der Waals surface area (Å²) >= 11 is 4.60. The molecule has 4 aromatic carbocycles. The highest BCUT2D eigenvalue weighted by molar-refractivity contribution is 9.10. The van der Waals surface area contributed by atoms with Gasteiger partial charge in [0.15, 0.2) is 22.4 Å². The summed E-state index contributed by atoms with van der Waals surface area (Å²) in [6.07, 6.45) is 3.77. The van der Waals surface area contributed by atoms with Crippen LogP contribution in [0.3, 0.4) is 0 Å². The van der Waals surface area contributed by atoms with Crippen LogP contribution in [-0.2, 0) is 16.0 Å². The summed E-state index contributed by atoms with van der Waals surface area (Å²) in [4.78, 5) is 35.4. The second-order valence-corrected chi connectivity index (χ2v) is 14.2. The summed E-state index contributed by atoms with van der Waals surface area (Å²) in [6, 6.07) is 19.1. The van der Waals surface area contributed by atoms with Gasteiger partial charge in [-0.05, 0) is 99.4 Å². The van der Waals surface area contributed by atoms with Crippen LogP contribution in [0, 0.1) is 0 Å². The lowest BCUT2D eigenvalue weighted by atomic mass is 9.95. The number of carboxylic acids is 1. The third-order valence-corrected chi connectivity index (χ3v) is 10.6. The van der Waals surface area contributed by atoms with Crippen LogP contribution in [0.2, 0.25) is 0 Å². The summed E-state index contributed by atoms with van der Waals surface area (Å²) in [5.74, 6) is 1.34. The molecule has 2 aliphatic rings. The van der Waals surface area contributed by atoms with E-state index in [1.165, 1.54) is 43.9 Å². The van der Waals surface area contributed by atoms with Crippen molar-refractivity contribution in [3.63, 3.8) is 0 Å². The minimum absolute atomic E-state index is 0.0524. The van der Waals surface area contributed by atoms with Gasteiger partial charge < -0.3 is 29.4 Å². The van der Waals surface area contributed by atoms with E-state index in [-0.39, 0.29) is 28.9 Å². The first kappa shape index (κ1) is 37.7. The Labute approximate surface area is 318 Å². The van der Waals surface area contributed by atoms with Crippen LogP contribution in [0.4, 0.5) is 0 Å². The molecular formula is C39H39BrN4O8S. The number of rotatable bonds is 10. The molecule has 1 amide bonds. The lowest BCUT2D eigenvalue weighted by Gasteiger charge is -2.19. The molecular weight excluding hydrogens is 764 g/mol. The fraction of sp³-hybridized carbons (Fsp3) is 0.308. The number of carbonyl (C=O) groups excluding carboxylic acids is 1. The molecule has 0 spiro atoms. The number of methoxy groups -OCH3 is 4. The Morgan fingerprint density at radius 3 is 2.25 bits per heavy atom. The van der Waals surface area contributed by atoms with Gasteiger partial charge in [0.2, 0.25) is 21.8 Å². The van der Waals surface area contributed by atoms with Crippen LogP contribution in [0.15, 0.2) is 75.3 Å². The number of aliphatic carboxylic acids is 1. The van der Waals surface area contributed by atoms with E-state index in [0.717, 1.165) is 39.5 Å². The molecule has 0 unspecified atom stereocenters. The first-order chi connectivity index (χ1) is 25.6. The highest BCUT2D eigenvalue weighted by Gasteiger charge is 2.30. The van der Waals surface area contributed by atoms with Gasteiger partial charge >= 0.3 is 5.97 Å². The number of benzene rings is 3. The third kappa shape index (κ3) is 7.84.